The Hall–Kier alpha value is -1.94. The number of hydrogen-bond donors (Lipinski definition) is 1. The maximum absolute atomic E-state index is 5.67. The first kappa shape index (κ1) is 12.1. The number of aromatic nitrogens is 2. The van der Waals surface area contributed by atoms with Crippen LogP contribution in [0.3, 0.4) is 0 Å². The molecule has 2 heterocycles. The molecule has 1 aliphatic rings. The number of ether oxygens (including phenoxy) is 1. The van der Waals surface area contributed by atoms with Gasteiger partial charge in [0.05, 0.1) is 12.4 Å². The molecule has 1 N–H and O–H groups in total. The molecule has 0 bridgehead atoms. The van der Waals surface area contributed by atoms with Crippen molar-refractivity contribution in [3.8, 4) is 11.5 Å². The second-order valence-electron chi connectivity index (χ2n) is 4.81. The van der Waals surface area contributed by atoms with E-state index in [4.69, 9.17) is 4.74 Å². The first-order valence-corrected chi connectivity index (χ1v) is 6.65. The third-order valence-electron chi connectivity index (χ3n) is 3.29. The minimum absolute atomic E-state index is 0.667. The van der Waals surface area contributed by atoms with E-state index in [1.54, 1.807) is 12.4 Å². The third-order valence-corrected chi connectivity index (χ3v) is 3.29. The lowest BCUT2D eigenvalue weighted by atomic mass is 10.1. The first-order chi connectivity index (χ1) is 9.40. The van der Waals surface area contributed by atoms with Gasteiger partial charge in [-0.05, 0) is 37.6 Å². The standard InChI is InChI=1S/C15H17N3O/c1-2-4-13(5-3-1)19-14-10-17-15(18-11-14)8-12-6-7-16-9-12/h1-5,10-12,16H,6-9H2. The average molecular weight is 255 g/mol. The van der Waals surface area contributed by atoms with Gasteiger partial charge in [0.15, 0.2) is 5.75 Å². The average Bonchev–Trinajstić information content (AvgIpc) is 2.95. The molecule has 2 aromatic rings. The number of benzene rings is 1. The van der Waals surface area contributed by atoms with Gasteiger partial charge in [0, 0.05) is 6.42 Å². The maximum atomic E-state index is 5.67. The van der Waals surface area contributed by atoms with Crippen LogP contribution in [0.25, 0.3) is 0 Å². The highest BCUT2D eigenvalue weighted by Gasteiger charge is 2.16. The van der Waals surface area contributed by atoms with Crippen LogP contribution in [0.5, 0.6) is 11.5 Å². The monoisotopic (exact) mass is 255 g/mol. The van der Waals surface area contributed by atoms with Crippen molar-refractivity contribution in [3.05, 3.63) is 48.5 Å². The Balaban J connectivity index is 1.62. The van der Waals surface area contributed by atoms with E-state index in [1.165, 1.54) is 6.42 Å². The SMILES string of the molecule is c1ccc(Oc2cnc(CC3CCNC3)nc2)cc1. The molecule has 3 rings (SSSR count). The van der Waals surface area contributed by atoms with E-state index in [-0.39, 0.29) is 0 Å². The van der Waals surface area contributed by atoms with Gasteiger partial charge in [-0.15, -0.1) is 0 Å². The highest BCUT2D eigenvalue weighted by atomic mass is 16.5. The lowest BCUT2D eigenvalue weighted by Crippen LogP contribution is -2.12. The number of nitrogens with zero attached hydrogens (tertiary/aromatic N) is 2. The van der Waals surface area contributed by atoms with E-state index in [2.05, 4.69) is 15.3 Å². The van der Waals surface area contributed by atoms with E-state index < -0.39 is 0 Å². The largest absolute Gasteiger partial charge is 0.454 e. The van der Waals surface area contributed by atoms with Gasteiger partial charge >= 0.3 is 0 Å². The summed E-state index contributed by atoms with van der Waals surface area (Å²) in [5.74, 6) is 3.05. The van der Waals surface area contributed by atoms with Crippen molar-refractivity contribution in [1.29, 1.82) is 0 Å². The van der Waals surface area contributed by atoms with E-state index in [9.17, 15) is 0 Å². The molecule has 0 spiro atoms. The summed E-state index contributed by atoms with van der Waals surface area (Å²) < 4.78 is 5.67. The highest BCUT2D eigenvalue weighted by molar-refractivity contribution is 5.27. The van der Waals surface area contributed by atoms with Gasteiger partial charge in [-0.3, -0.25) is 0 Å². The van der Waals surface area contributed by atoms with Gasteiger partial charge in [0.2, 0.25) is 0 Å². The summed E-state index contributed by atoms with van der Waals surface area (Å²) in [5.41, 5.74) is 0. The molecule has 1 fully saturated rings. The fourth-order valence-corrected chi connectivity index (χ4v) is 2.27. The molecule has 0 radical (unpaired) electrons. The smallest absolute Gasteiger partial charge is 0.164 e. The number of hydrogen-bond acceptors (Lipinski definition) is 4. The van der Waals surface area contributed by atoms with Gasteiger partial charge in [-0.1, -0.05) is 18.2 Å². The predicted octanol–water partition coefficient (Wildman–Crippen LogP) is 2.42. The topological polar surface area (TPSA) is 47.0 Å². The van der Waals surface area contributed by atoms with Crippen molar-refractivity contribution in [2.45, 2.75) is 12.8 Å². The molecule has 1 saturated heterocycles. The summed E-state index contributed by atoms with van der Waals surface area (Å²) in [4.78, 5) is 8.75. The van der Waals surface area contributed by atoms with Crippen LogP contribution in [0, 0.1) is 5.92 Å². The van der Waals surface area contributed by atoms with Crippen LogP contribution in [0.2, 0.25) is 0 Å². The Morgan fingerprint density at radius 3 is 2.58 bits per heavy atom. The van der Waals surface area contributed by atoms with Crippen molar-refractivity contribution in [2.75, 3.05) is 13.1 Å². The maximum Gasteiger partial charge on any atom is 0.164 e. The molecule has 19 heavy (non-hydrogen) atoms. The van der Waals surface area contributed by atoms with Crippen molar-refractivity contribution in [3.63, 3.8) is 0 Å². The quantitative estimate of drug-likeness (QED) is 0.911. The van der Waals surface area contributed by atoms with E-state index >= 15 is 0 Å². The molecule has 0 saturated carbocycles. The second-order valence-corrected chi connectivity index (χ2v) is 4.81. The second kappa shape index (κ2) is 5.80. The zero-order valence-electron chi connectivity index (χ0n) is 10.7. The van der Waals surface area contributed by atoms with Gasteiger partial charge in [0.25, 0.3) is 0 Å². The first-order valence-electron chi connectivity index (χ1n) is 6.65. The molecule has 1 aliphatic heterocycles. The Kier molecular flexibility index (Phi) is 3.70. The summed E-state index contributed by atoms with van der Waals surface area (Å²) in [6.45, 7) is 2.19. The van der Waals surface area contributed by atoms with Crippen LogP contribution in [-0.4, -0.2) is 23.1 Å². The minimum Gasteiger partial charge on any atom is -0.454 e. The van der Waals surface area contributed by atoms with Crippen molar-refractivity contribution in [1.82, 2.24) is 15.3 Å². The summed E-state index contributed by atoms with van der Waals surface area (Å²) >= 11 is 0. The summed E-state index contributed by atoms with van der Waals surface area (Å²) in [6.07, 6.45) is 5.65. The molecular formula is C15H17N3O. The fraction of sp³-hybridized carbons (Fsp3) is 0.333. The molecule has 1 aromatic carbocycles. The highest BCUT2D eigenvalue weighted by Crippen LogP contribution is 2.19. The molecule has 98 valence electrons. The normalized spacial score (nSPS) is 18.4. The van der Waals surface area contributed by atoms with Crippen molar-refractivity contribution >= 4 is 0 Å². The molecule has 1 atom stereocenters. The van der Waals surface area contributed by atoms with E-state index in [0.717, 1.165) is 31.1 Å². The third kappa shape index (κ3) is 3.29. The summed E-state index contributed by atoms with van der Waals surface area (Å²) in [7, 11) is 0. The Morgan fingerprint density at radius 2 is 1.89 bits per heavy atom. The Bertz CT molecular complexity index is 507. The van der Waals surface area contributed by atoms with Crippen LogP contribution >= 0.6 is 0 Å². The Morgan fingerprint density at radius 1 is 1.11 bits per heavy atom. The van der Waals surface area contributed by atoms with Crippen LogP contribution in [0.1, 0.15) is 12.2 Å². The molecule has 0 aliphatic carbocycles. The number of para-hydroxylation sites is 1. The molecule has 1 unspecified atom stereocenters. The van der Waals surface area contributed by atoms with Crippen LogP contribution in [0.15, 0.2) is 42.7 Å². The zero-order valence-corrected chi connectivity index (χ0v) is 10.7. The summed E-state index contributed by atoms with van der Waals surface area (Å²) in [6, 6.07) is 9.67. The van der Waals surface area contributed by atoms with Crippen molar-refractivity contribution < 1.29 is 4.74 Å². The summed E-state index contributed by atoms with van der Waals surface area (Å²) in [5, 5.41) is 3.36. The zero-order chi connectivity index (χ0) is 12.9. The molecule has 4 heteroatoms. The van der Waals surface area contributed by atoms with E-state index in [1.807, 2.05) is 30.3 Å². The molecule has 0 amide bonds. The van der Waals surface area contributed by atoms with Gasteiger partial charge in [-0.25, -0.2) is 9.97 Å². The molecule has 1 aromatic heterocycles. The van der Waals surface area contributed by atoms with Gasteiger partial charge in [0.1, 0.15) is 11.6 Å². The minimum atomic E-state index is 0.667. The van der Waals surface area contributed by atoms with Crippen LogP contribution in [0.4, 0.5) is 0 Å². The predicted molar refractivity (Wildman–Crippen MR) is 73.2 cm³/mol. The fourth-order valence-electron chi connectivity index (χ4n) is 2.27. The molecule has 4 nitrogen and oxygen atoms in total. The van der Waals surface area contributed by atoms with E-state index in [0.29, 0.717) is 11.7 Å². The number of nitrogens with one attached hydrogen (secondary N) is 1. The Labute approximate surface area is 112 Å². The number of rotatable bonds is 4. The lowest BCUT2D eigenvalue weighted by molar-refractivity contribution is 0.474. The van der Waals surface area contributed by atoms with Gasteiger partial charge in [-0.2, -0.15) is 0 Å². The lowest BCUT2D eigenvalue weighted by Gasteiger charge is -2.08. The van der Waals surface area contributed by atoms with Crippen molar-refractivity contribution in [2.24, 2.45) is 5.92 Å². The van der Waals surface area contributed by atoms with Crippen LogP contribution in [-0.2, 0) is 6.42 Å². The molecular weight excluding hydrogens is 238 g/mol. The van der Waals surface area contributed by atoms with Crippen LogP contribution < -0.4 is 10.1 Å². The van der Waals surface area contributed by atoms with Gasteiger partial charge < -0.3 is 10.1 Å².